The van der Waals surface area contributed by atoms with Crippen LogP contribution in [0, 0.1) is 0 Å². The summed E-state index contributed by atoms with van der Waals surface area (Å²) in [4.78, 5) is 278. The van der Waals surface area contributed by atoms with Crippen LogP contribution in [0.25, 0.3) is 0 Å². The number of aliphatic carboxylic acids is 24. The van der Waals surface area contributed by atoms with E-state index in [2.05, 4.69) is 0 Å². The summed E-state index contributed by atoms with van der Waals surface area (Å²) in [5.41, 5.74) is 0. The van der Waals surface area contributed by atoms with Crippen LogP contribution < -0.4 is 123 Å². The predicted octanol–water partition coefficient (Wildman–Crippen LogP) is -45.2. The molecule has 0 atom stereocenters. The normalized spacial score (nSPS) is 11.1. The standard InChI is InChI=1S/4C18H30N4O12.2Pt/c4*23-13(24)7-19(3-5-21(9-15(27)28)10-16(29)30)1-2-20(8-14(25)26)4-6-22(11-17(31)32)12-18(33)34;;/h4*1-12H2,(H,23,24)(H,25,26)(H,27,28)(H,29,30)(H,31,32)(H,33,34);;/q;;;;2*+4/p-24. The van der Waals surface area contributed by atoms with Crippen LogP contribution in [0.4, 0.5) is 0 Å². The first-order chi connectivity index (χ1) is 63.1. The SMILES string of the molecule is O=C([O-])CN(CCN(CCN(CC(=O)[O-])CC(=O)[O-])CC(=O)[O-])CCN(CC(=O)[O-])CC(=O)[O-].O=C([O-])CN(CCN(CCN(CC(=O)[O-])CC(=O)[O-])CC(=O)[O-])CCN(CC(=O)[O-])CC(=O)[O-].O=C([O-])CN(CCN(CCN(CC(=O)[O-])CC(=O)[O-])CC(=O)[O-])CCN(CC(=O)[O-])CC(=O)[O-].O=C([O-])CN(CCN(CCN(CC(=O)[O-])CC(=O)[O-])CC(=O)[O-])CCN(CC(=O)[O-])CC(=O)[O-].[Pt+4].[Pt+4]. The number of nitrogens with zero attached hydrogens (tertiary/aromatic N) is 16. The van der Waals surface area contributed by atoms with Gasteiger partial charge in [-0.25, -0.2) is 0 Å². The van der Waals surface area contributed by atoms with Crippen LogP contribution in [-0.2, 0) is 157 Å². The molecule has 0 heterocycles. The van der Waals surface area contributed by atoms with Gasteiger partial charge in [0.05, 0.1) is 143 Å². The molecular formula is C72H96N16O48Pt2-16. The fraction of sp³-hybridized carbons (Fsp3) is 0.667. The van der Waals surface area contributed by atoms with Crippen LogP contribution in [-0.4, -0.2) is 536 Å². The van der Waals surface area contributed by atoms with Gasteiger partial charge in [0.15, 0.2) is 0 Å². The molecule has 0 aliphatic carbocycles. The van der Waals surface area contributed by atoms with E-state index in [-0.39, 0.29) is 199 Å². The molecule has 0 rings (SSSR count). The molecule has 0 radical (unpaired) electrons. The van der Waals surface area contributed by atoms with Gasteiger partial charge in [-0.05, 0) is 0 Å². The van der Waals surface area contributed by atoms with Gasteiger partial charge in [-0.3, -0.25) is 78.4 Å². The Morgan fingerprint density at radius 3 is 0.167 bits per heavy atom. The van der Waals surface area contributed by atoms with Gasteiger partial charge in [0.1, 0.15) is 0 Å². The van der Waals surface area contributed by atoms with Crippen molar-refractivity contribution >= 4 is 143 Å². The first-order valence-corrected chi connectivity index (χ1v) is 39.5. The van der Waals surface area contributed by atoms with E-state index in [1.807, 2.05) is 0 Å². The Kier molecular flexibility index (Phi) is 78.3. The third-order valence-electron chi connectivity index (χ3n) is 17.3. The second kappa shape index (κ2) is 79.0. The number of rotatable bonds is 84. The fourth-order valence-corrected chi connectivity index (χ4v) is 11.6. The summed E-state index contributed by atoms with van der Waals surface area (Å²) in [6, 6.07) is 0. The van der Waals surface area contributed by atoms with Crippen LogP contribution in [0.3, 0.4) is 0 Å². The first-order valence-electron chi connectivity index (χ1n) is 39.5. The molecule has 0 N–H and O–H groups in total. The Hall–Kier alpha value is -12.0. The zero-order valence-corrected chi connectivity index (χ0v) is 77.9. The molecule has 0 saturated heterocycles. The second-order valence-electron chi connectivity index (χ2n) is 28.8. The number of carboxylic acid groups (broad SMARTS) is 24. The smallest absolute Gasteiger partial charge is 0.549 e. The van der Waals surface area contributed by atoms with Gasteiger partial charge in [-0.2, -0.15) is 0 Å². The van der Waals surface area contributed by atoms with Crippen molar-refractivity contribution in [3.8, 4) is 0 Å². The maximum atomic E-state index is 11.0. The minimum absolute atomic E-state index is 0. The molecule has 0 saturated carbocycles. The van der Waals surface area contributed by atoms with Gasteiger partial charge in [0.25, 0.3) is 0 Å². The van der Waals surface area contributed by atoms with Crippen LogP contribution in [0.2, 0.25) is 0 Å². The third kappa shape index (κ3) is 90.5. The van der Waals surface area contributed by atoms with Crippen molar-refractivity contribution in [1.29, 1.82) is 0 Å². The maximum Gasteiger partial charge on any atom is 4.00 e. The second-order valence-corrected chi connectivity index (χ2v) is 28.8. The van der Waals surface area contributed by atoms with Crippen molar-refractivity contribution in [1.82, 2.24) is 78.4 Å². The largest absolute Gasteiger partial charge is 4.00 e. The fourth-order valence-electron chi connectivity index (χ4n) is 11.6. The molecule has 0 amide bonds. The van der Waals surface area contributed by atoms with E-state index >= 15 is 0 Å². The molecule has 0 aromatic heterocycles. The molecule has 788 valence electrons. The number of carboxylic acids is 24. The quantitative estimate of drug-likeness (QED) is 0.0546. The molecule has 0 fully saturated rings. The number of carbonyl (C=O) groups excluding carboxylic acids is 24. The average Bonchev–Trinajstić information content (AvgIpc) is 0.928. The minimum Gasteiger partial charge on any atom is -0.549 e. The number of hydrogen-bond acceptors (Lipinski definition) is 64. The molecule has 66 heteroatoms. The molecule has 138 heavy (non-hydrogen) atoms. The Labute approximate surface area is 812 Å². The summed E-state index contributed by atoms with van der Waals surface area (Å²) < 4.78 is 0. The first kappa shape index (κ1) is 137. The number of carbonyl (C=O) groups is 24. The van der Waals surface area contributed by atoms with E-state index in [9.17, 15) is 238 Å². The summed E-state index contributed by atoms with van der Waals surface area (Å²) in [5, 5.41) is 260. The van der Waals surface area contributed by atoms with Crippen molar-refractivity contribution in [3.63, 3.8) is 0 Å². The molecular weight excluding hydrogens is 2250 g/mol. The maximum absolute atomic E-state index is 11.0. The zero-order valence-electron chi connectivity index (χ0n) is 73.3. The van der Waals surface area contributed by atoms with Crippen molar-refractivity contribution < 1.29 is 280 Å². The van der Waals surface area contributed by atoms with Gasteiger partial charge in [0, 0.05) is 314 Å². The van der Waals surface area contributed by atoms with E-state index < -0.39 is 300 Å². The molecule has 64 nitrogen and oxygen atoms in total. The van der Waals surface area contributed by atoms with Crippen LogP contribution in [0.15, 0.2) is 0 Å². The summed E-state index contributed by atoms with van der Waals surface area (Å²) in [6.07, 6.45) is 0. The van der Waals surface area contributed by atoms with Gasteiger partial charge in [-0.15, -0.1) is 0 Å². The minimum atomic E-state index is -1.56. The molecule has 0 aliphatic rings. The summed E-state index contributed by atoms with van der Waals surface area (Å²) in [5.74, 6) is -37.1. The van der Waals surface area contributed by atoms with Gasteiger partial charge in [0.2, 0.25) is 0 Å². The third-order valence-corrected chi connectivity index (χ3v) is 17.3. The average molecular weight is 2340 g/mol. The summed E-state index contributed by atoms with van der Waals surface area (Å²) >= 11 is 0. The molecule has 0 spiro atoms. The summed E-state index contributed by atoms with van der Waals surface area (Å²) in [6.45, 7) is -20.9. The van der Waals surface area contributed by atoms with Crippen molar-refractivity contribution in [3.05, 3.63) is 0 Å². The molecule has 0 bridgehead atoms. The molecule has 0 aromatic rings. The molecule has 0 aromatic carbocycles. The molecule has 0 aliphatic heterocycles. The number of hydrogen-bond donors (Lipinski definition) is 0. The van der Waals surface area contributed by atoms with E-state index in [4.69, 9.17) is 0 Å². The van der Waals surface area contributed by atoms with E-state index in [0.29, 0.717) is 0 Å². The Bertz CT molecular complexity index is 3050. The van der Waals surface area contributed by atoms with E-state index in [0.717, 1.165) is 39.2 Å². The Morgan fingerprint density at radius 2 is 0.123 bits per heavy atom. The monoisotopic (exact) mass is 2340 g/mol. The van der Waals surface area contributed by atoms with Crippen LogP contribution in [0.5, 0.6) is 0 Å². The van der Waals surface area contributed by atoms with E-state index in [1.54, 1.807) is 0 Å². The molecule has 0 unspecified atom stereocenters. The predicted molar refractivity (Wildman–Crippen MR) is 383 cm³/mol. The van der Waals surface area contributed by atoms with Crippen molar-refractivity contribution in [2.24, 2.45) is 0 Å². The summed E-state index contributed by atoms with van der Waals surface area (Å²) in [7, 11) is 0. The van der Waals surface area contributed by atoms with Crippen LogP contribution in [0.1, 0.15) is 0 Å². The Balaban J connectivity index is -0.000000419. The van der Waals surface area contributed by atoms with Gasteiger partial charge in [-0.1, -0.05) is 0 Å². The Morgan fingerprint density at radius 1 is 0.0870 bits per heavy atom. The van der Waals surface area contributed by atoms with Crippen LogP contribution >= 0.6 is 0 Å². The van der Waals surface area contributed by atoms with Crippen molar-refractivity contribution in [2.75, 3.05) is 314 Å². The van der Waals surface area contributed by atoms with Crippen molar-refractivity contribution in [2.45, 2.75) is 0 Å². The van der Waals surface area contributed by atoms with Gasteiger partial charge >= 0.3 is 42.1 Å². The topological polar surface area (TPSA) is 1010 Å². The van der Waals surface area contributed by atoms with Gasteiger partial charge < -0.3 is 238 Å². The van der Waals surface area contributed by atoms with E-state index in [1.165, 1.54) is 39.2 Å². The zero-order chi connectivity index (χ0) is 105.